The van der Waals surface area contributed by atoms with Gasteiger partial charge in [-0.05, 0) is 24.3 Å². The van der Waals surface area contributed by atoms with Crippen LogP contribution in [-0.4, -0.2) is 22.6 Å². The average molecular weight is 341 g/mol. The Kier molecular flexibility index (Phi) is 6.00. The molecule has 22 heavy (non-hydrogen) atoms. The second kappa shape index (κ2) is 7.98. The van der Waals surface area contributed by atoms with Crippen LogP contribution < -0.4 is 10.1 Å². The number of aliphatic hydroxyl groups excluding tert-OH is 1. The van der Waals surface area contributed by atoms with E-state index in [1.807, 2.05) is 0 Å². The Balaban J connectivity index is 1.85. The number of rotatable bonds is 6. The minimum Gasteiger partial charge on any atom is -0.491 e. The van der Waals surface area contributed by atoms with Gasteiger partial charge in [-0.1, -0.05) is 23.2 Å². The van der Waals surface area contributed by atoms with E-state index in [0.717, 1.165) is 0 Å². The number of aliphatic hydroxyl groups is 1. The maximum Gasteiger partial charge on any atom is 0.227 e. The van der Waals surface area contributed by atoms with E-state index in [-0.39, 0.29) is 25.5 Å². The van der Waals surface area contributed by atoms with Crippen molar-refractivity contribution in [1.82, 2.24) is 4.98 Å². The lowest BCUT2D eigenvalue weighted by molar-refractivity contribution is -0.116. The molecule has 1 aromatic carbocycles. The zero-order chi connectivity index (χ0) is 15.9. The Labute approximate surface area is 137 Å². The van der Waals surface area contributed by atoms with Gasteiger partial charge >= 0.3 is 0 Å². The van der Waals surface area contributed by atoms with Crippen molar-refractivity contribution in [3.8, 4) is 5.75 Å². The third-order valence-electron chi connectivity index (χ3n) is 2.84. The summed E-state index contributed by atoms with van der Waals surface area (Å²) in [5.74, 6) is 0.226. The highest BCUT2D eigenvalue weighted by Crippen LogP contribution is 2.27. The number of nitrogens with zero attached hydrogens (tertiary/aromatic N) is 1. The summed E-state index contributed by atoms with van der Waals surface area (Å²) in [5, 5.41) is 12.8. The van der Waals surface area contributed by atoms with Crippen LogP contribution in [0.2, 0.25) is 10.0 Å². The molecule has 0 saturated carbocycles. The van der Waals surface area contributed by atoms with E-state index in [9.17, 15) is 9.90 Å². The molecule has 116 valence electrons. The zero-order valence-electron chi connectivity index (χ0n) is 11.6. The molecule has 0 bridgehead atoms. The molecular weight excluding hydrogens is 327 g/mol. The maximum atomic E-state index is 11.9. The van der Waals surface area contributed by atoms with Crippen molar-refractivity contribution in [3.63, 3.8) is 0 Å². The van der Waals surface area contributed by atoms with E-state index in [1.165, 1.54) is 6.20 Å². The van der Waals surface area contributed by atoms with E-state index in [4.69, 9.17) is 27.9 Å². The van der Waals surface area contributed by atoms with Crippen molar-refractivity contribution in [2.45, 2.75) is 13.0 Å². The molecule has 7 heteroatoms. The third-order valence-corrected chi connectivity index (χ3v) is 3.37. The molecular formula is C15H14Cl2N2O3. The molecule has 0 spiro atoms. The third kappa shape index (κ3) is 4.59. The molecule has 0 saturated heterocycles. The molecule has 0 unspecified atom stereocenters. The van der Waals surface area contributed by atoms with Gasteiger partial charge in [0.1, 0.15) is 5.75 Å². The number of anilines is 1. The first-order valence-corrected chi connectivity index (χ1v) is 7.27. The highest BCUT2D eigenvalue weighted by molar-refractivity contribution is 6.35. The topological polar surface area (TPSA) is 71.5 Å². The number of halogens is 2. The van der Waals surface area contributed by atoms with Gasteiger partial charge in [-0.3, -0.25) is 9.78 Å². The van der Waals surface area contributed by atoms with Gasteiger partial charge in [0.2, 0.25) is 5.91 Å². The molecule has 0 atom stereocenters. The fourth-order valence-corrected chi connectivity index (χ4v) is 2.20. The first-order chi connectivity index (χ1) is 10.6. The average Bonchev–Trinajstić information content (AvgIpc) is 2.50. The van der Waals surface area contributed by atoms with Gasteiger partial charge in [-0.25, -0.2) is 0 Å². The Hall–Kier alpha value is -1.82. The minimum atomic E-state index is -0.243. The van der Waals surface area contributed by atoms with Gasteiger partial charge in [0.15, 0.2) is 0 Å². The molecule has 2 aromatic rings. The number of aromatic nitrogens is 1. The van der Waals surface area contributed by atoms with Crippen LogP contribution >= 0.6 is 23.2 Å². The standard InChI is InChI=1S/C15H14Cl2N2O3/c16-11-1-2-14(12(17)7-11)22-6-4-15(21)19-13-8-18-5-3-10(13)9-20/h1-3,5,7-8,20H,4,6,9H2,(H,19,21). The van der Waals surface area contributed by atoms with Crippen molar-refractivity contribution in [3.05, 3.63) is 52.3 Å². The fourth-order valence-electron chi connectivity index (χ4n) is 1.73. The molecule has 0 aliphatic rings. The molecule has 0 fully saturated rings. The van der Waals surface area contributed by atoms with Gasteiger partial charge in [-0.2, -0.15) is 0 Å². The number of ether oxygens (including phenoxy) is 1. The van der Waals surface area contributed by atoms with Crippen LogP contribution in [-0.2, 0) is 11.4 Å². The van der Waals surface area contributed by atoms with E-state index in [0.29, 0.717) is 27.0 Å². The van der Waals surface area contributed by atoms with Crippen LogP contribution in [0, 0.1) is 0 Å². The Morgan fingerprint density at radius 2 is 2.14 bits per heavy atom. The largest absolute Gasteiger partial charge is 0.491 e. The van der Waals surface area contributed by atoms with Crippen molar-refractivity contribution in [1.29, 1.82) is 0 Å². The summed E-state index contributed by atoms with van der Waals surface area (Å²) < 4.78 is 5.44. The van der Waals surface area contributed by atoms with Gasteiger partial charge in [0.25, 0.3) is 0 Å². The summed E-state index contributed by atoms with van der Waals surface area (Å²) in [5.41, 5.74) is 1.09. The quantitative estimate of drug-likeness (QED) is 0.846. The number of hydrogen-bond donors (Lipinski definition) is 2. The molecule has 0 aliphatic carbocycles. The summed E-state index contributed by atoms with van der Waals surface area (Å²) in [6.45, 7) is -0.00305. The van der Waals surface area contributed by atoms with E-state index in [1.54, 1.807) is 30.5 Å². The number of carbonyl (C=O) groups excluding carboxylic acids is 1. The lowest BCUT2D eigenvalue weighted by Crippen LogP contribution is -2.16. The second-order valence-electron chi connectivity index (χ2n) is 4.41. The molecule has 1 aromatic heterocycles. The molecule has 0 radical (unpaired) electrons. The number of benzene rings is 1. The first-order valence-electron chi connectivity index (χ1n) is 6.51. The monoisotopic (exact) mass is 340 g/mol. The summed E-state index contributed by atoms with van der Waals surface area (Å²) >= 11 is 11.8. The SMILES string of the molecule is O=C(CCOc1ccc(Cl)cc1Cl)Nc1cnccc1CO. The number of pyridine rings is 1. The van der Waals surface area contributed by atoms with Crippen LogP contribution in [0.4, 0.5) is 5.69 Å². The van der Waals surface area contributed by atoms with Gasteiger partial charge in [0.05, 0.1) is 36.5 Å². The lowest BCUT2D eigenvalue weighted by Gasteiger charge is -2.10. The molecule has 0 aliphatic heterocycles. The van der Waals surface area contributed by atoms with Crippen LogP contribution in [0.25, 0.3) is 0 Å². The number of carbonyl (C=O) groups is 1. The van der Waals surface area contributed by atoms with Crippen LogP contribution in [0.5, 0.6) is 5.75 Å². The molecule has 2 rings (SSSR count). The van der Waals surface area contributed by atoms with E-state index >= 15 is 0 Å². The lowest BCUT2D eigenvalue weighted by atomic mass is 10.2. The van der Waals surface area contributed by atoms with Crippen LogP contribution in [0.15, 0.2) is 36.7 Å². The van der Waals surface area contributed by atoms with E-state index in [2.05, 4.69) is 10.3 Å². The van der Waals surface area contributed by atoms with Gasteiger partial charge < -0.3 is 15.2 Å². The summed E-state index contributed by atoms with van der Waals surface area (Å²) in [6.07, 6.45) is 3.17. The summed E-state index contributed by atoms with van der Waals surface area (Å²) in [6, 6.07) is 6.51. The number of amides is 1. The molecule has 1 heterocycles. The van der Waals surface area contributed by atoms with Gasteiger partial charge in [-0.15, -0.1) is 0 Å². The Morgan fingerprint density at radius 3 is 2.86 bits per heavy atom. The van der Waals surface area contributed by atoms with E-state index < -0.39 is 0 Å². The van der Waals surface area contributed by atoms with Crippen molar-refractivity contribution < 1.29 is 14.6 Å². The summed E-state index contributed by atoms with van der Waals surface area (Å²) in [7, 11) is 0. The molecule has 1 amide bonds. The summed E-state index contributed by atoms with van der Waals surface area (Å²) in [4.78, 5) is 15.8. The fraction of sp³-hybridized carbons (Fsp3) is 0.200. The maximum absolute atomic E-state index is 11.9. The predicted octanol–water partition coefficient (Wildman–Crippen LogP) is 3.29. The van der Waals surface area contributed by atoms with Crippen molar-refractivity contribution >= 4 is 34.8 Å². The van der Waals surface area contributed by atoms with Gasteiger partial charge in [0, 0.05) is 16.8 Å². The predicted molar refractivity (Wildman–Crippen MR) is 85.4 cm³/mol. The second-order valence-corrected chi connectivity index (χ2v) is 5.26. The number of nitrogens with one attached hydrogen (secondary N) is 1. The van der Waals surface area contributed by atoms with Crippen LogP contribution in [0.3, 0.4) is 0 Å². The smallest absolute Gasteiger partial charge is 0.227 e. The highest BCUT2D eigenvalue weighted by Gasteiger charge is 2.08. The normalized spacial score (nSPS) is 10.3. The zero-order valence-corrected chi connectivity index (χ0v) is 13.1. The molecule has 2 N–H and O–H groups in total. The minimum absolute atomic E-state index is 0.138. The number of hydrogen-bond acceptors (Lipinski definition) is 4. The highest BCUT2D eigenvalue weighted by atomic mass is 35.5. The van der Waals surface area contributed by atoms with Crippen molar-refractivity contribution in [2.24, 2.45) is 0 Å². The van der Waals surface area contributed by atoms with Crippen molar-refractivity contribution in [2.75, 3.05) is 11.9 Å². The Bertz CT molecular complexity index is 665. The Morgan fingerprint density at radius 1 is 1.32 bits per heavy atom. The first kappa shape index (κ1) is 16.5. The molecule has 5 nitrogen and oxygen atoms in total. The van der Waals surface area contributed by atoms with Crippen LogP contribution in [0.1, 0.15) is 12.0 Å².